The summed E-state index contributed by atoms with van der Waals surface area (Å²) >= 11 is 0. The van der Waals surface area contributed by atoms with E-state index >= 15 is 0 Å². The molecule has 5 nitrogen and oxygen atoms in total. The molecule has 0 bridgehead atoms. The normalized spacial score (nSPS) is 15.0. The van der Waals surface area contributed by atoms with Crippen molar-refractivity contribution >= 4 is 5.97 Å². The first-order valence-electron chi connectivity index (χ1n) is 8.25. The fourth-order valence-electron chi connectivity index (χ4n) is 3.03. The van der Waals surface area contributed by atoms with Gasteiger partial charge in [0.2, 0.25) is 0 Å². The first-order valence-corrected chi connectivity index (χ1v) is 8.25. The predicted molar refractivity (Wildman–Crippen MR) is 93.7 cm³/mol. The zero-order chi connectivity index (χ0) is 18.3. The molecule has 0 radical (unpaired) electrons. The van der Waals surface area contributed by atoms with Crippen LogP contribution >= 0.6 is 0 Å². The van der Waals surface area contributed by atoms with Gasteiger partial charge >= 0.3 is 5.97 Å². The van der Waals surface area contributed by atoms with Gasteiger partial charge in [-0.1, -0.05) is 29.8 Å². The average Bonchev–Trinajstić information content (AvgIpc) is 3.08. The molecule has 0 aliphatic carbocycles. The van der Waals surface area contributed by atoms with Crippen LogP contribution in [0.15, 0.2) is 48.7 Å². The number of benzene rings is 2. The van der Waals surface area contributed by atoms with Gasteiger partial charge in [-0.3, -0.25) is 9.36 Å². The van der Waals surface area contributed by atoms with Crippen LogP contribution in [-0.2, 0) is 9.53 Å². The van der Waals surface area contributed by atoms with Crippen molar-refractivity contribution in [3.63, 3.8) is 0 Å². The Labute approximate surface area is 150 Å². The van der Waals surface area contributed by atoms with Crippen molar-refractivity contribution in [2.24, 2.45) is 0 Å². The van der Waals surface area contributed by atoms with Gasteiger partial charge in [0.05, 0.1) is 24.9 Å². The molecule has 1 atom stereocenters. The third-order valence-electron chi connectivity index (χ3n) is 4.40. The van der Waals surface area contributed by atoms with E-state index in [0.29, 0.717) is 17.3 Å². The number of imidazole rings is 1. The van der Waals surface area contributed by atoms with E-state index < -0.39 is 12.1 Å². The van der Waals surface area contributed by atoms with Crippen LogP contribution in [0.25, 0.3) is 16.9 Å². The van der Waals surface area contributed by atoms with E-state index in [1.807, 2.05) is 37.4 Å². The van der Waals surface area contributed by atoms with Crippen LogP contribution in [0.3, 0.4) is 0 Å². The second-order valence-electron chi connectivity index (χ2n) is 6.22. The van der Waals surface area contributed by atoms with Crippen LogP contribution in [0.4, 0.5) is 4.39 Å². The summed E-state index contributed by atoms with van der Waals surface area (Å²) in [7, 11) is 1.33. The molecule has 4 rings (SSSR count). The summed E-state index contributed by atoms with van der Waals surface area (Å²) in [6, 6.07) is 12.3. The minimum Gasteiger partial charge on any atom is -0.480 e. The largest absolute Gasteiger partial charge is 0.480 e. The molecule has 132 valence electrons. The molecule has 0 saturated carbocycles. The first kappa shape index (κ1) is 16.3. The van der Waals surface area contributed by atoms with Crippen LogP contribution in [0.2, 0.25) is 0 Å². The molecular formula is C20H17FN2O3. The third-order valence-corrected chi connectivity index (χ3v) is 4.40. The minimum atomic E-state index is -0.598. The Balaban J connectivity index is 1.83. The Morgan fingerprint density at radius 3 is 2.77 bits per heavy atom. The van der Waals surface area contributed by atoms with Crippen LogP contribution < -0.4 is 4.74 Å². The van der Waals surface area contributed by atoms with Gasteiger partial charge in [0.15, 0.2) is 11.9 Å². The van der Waals surface area contributed by atoms with Crippen molar-refractivity contribution in [3.05, 3.63) is 65.9 Å². The summed E-state index contributed by atoms with van der Waals surface area (Å²) in [4.78, 5) is 16.4. The molecule has 2 heterocycles. The van der Waals surface area contributed by atoms with E-state index in [2.05, 4.69) is 4.98 Å². The van der Waals surface area contributed by atoms with E-state index in [4.69, 9.17) is 9.47 Å². The van der Waals surface area contributed by atoms with E-state index in [9.17, 15) is 9.18 Å². The Bertz CT molecular complexity index is 979. The maximum atomic E-state index is 13.8. The van der Waals surface area contributed by atoms with Crippen LogP contribution in [-0.4, -0.2) is 22.6 Å². The number of aromatic nitrogens is 2. The molecule has 0 saturated heterocycles. The summed E-state index contributed by atoms with van der Waals surface area (Å²) < 4.78 is 26.2. The molecule has 0 amide bonds. The highest BCUT2D eigenvalue weighted by Crippen LogP contribution is 2.38. The highest BCUT2D eigenvalue weighted by atomic mass is 19.1. The van der Waals surface area contributed by atoms with Crippen LogP contribution in [0.5, 0.6) is 5.75 Å². The quantitative estimate of drug-likeness (QED) is 0.669. The zero-order valence-corrected chi connectivity index (χ0v) is 14.4. The Morgan fingerprint density at radius 1 is 1.27 bits per heavy atom. The highest BCUT2D eigenvalue weighted by molar-refractivity contribution is 5.70. The molecule has 0 spiro atoms. The molecule has 2 aromatic carbocycles. The van der Waals surface area contributed by atoms with Crippen LogP contribution in [0.1, 0.15) is 23.9 Å². The van der Waals surface area contributed by atoms with Gasteiger partial charge in [0.1, 0.15) is 11.6 Å². The number of hydrogen-bond donors (Lipinski definition) is 0. The van der Waals surface area contributed by atoms with E-state index in [1.165, 1.54) is 19.2 Å². The molecule has 0 N–H and O–H groups in total. The number of aryl methyl sites for hydroxylation is 1. The molecule has 1 aliphatic rings. The van der Waals surface area contributed by atoms with Gasteiger partial charge in [-0.05, 0) is 19.1 Å². The van der Waals surface area contributed by atoms with Gasteiger partial charge in [-0.2, -0.15) is 0 Å². The van der Waals surface area contributed by atoms with Crippen LogP contribution in [0, 0.1) is 12.7 Å². The third kappa shape index (κ3) is 2.83. The molecule has 6 heteroatoms. The number of carbonyl (C=O) groups is 1. The average molecular weight is 352 g/mol. The molecule has 1 aromatic heterocycles. The number of esters is 1. The van der Waals surface area contributed by atoms with Crippen molar-refractivity contribution in [2.45, 2.75) is 19.4 Å². The Kier molecular flexibility index (Phi) is 3.95. The van der Waals surface area contributed by atoms with Crippen molar-refractivity contribution in [1.29, 1.82) is 0 Å². The van der Waals surface area contributed by atoms with E-state index in [1.54, 1.807) is 10.6 Å². The standard InChI is InChI=1S/C20H17FN2O3/c1-12-3-5-13(6-4-12)15-11-23-16-9-14(21)7-8-17(16)26-18(20(23)22-15)10-19(24)25-2/h3-9,11,18H,10H2,1-2H3/t18-/m0/s1. The molecule has 3 aromatic rings. The molecular weight excluding hydrogens is 335 g/mol. The lowest BCUT2D eigenvalue weighted by Gasteiger charge is -2.26. The van der Waals surface area contributed by atoms with Gasteiger partial charge < -0.3 is 9.47 Å². The molecule has 26 heavy (non-hydrogen) atoms. The smallest absolute Gasteiger partial charge is 0.309 e. The fourth-order valence-corrected chi connectivity index (χ4v) is 3.03. The van der Waals surface area contributed by atoms with Crippen molar-refractivity contribution in [3.8, 4) is 22.7 Å². The number of methoxy groups -OCH3 is 1. The SMILES string of the molecule is COC(=O)C[C@@H]1Oc2ccc(F)cc2-n2cc(-c3ccc(C)cc3)nc21. The second kappa shape index (κ2) is 6.29. The number of hydrogen-bond acceptors (Lipinski definition) is 4. The van der Waals surface area contributed by atoms with E-state index in [0.717, 1.165) is 16.8 Å². The van der Waals surface area contributed by atoms with E-state index in [-0.39, 0.29) is 12.2 Å². The Morgan fingerprint density at radius 2 is 2.04 bits per heavy atom. The number of fused-ring (bicyclic) bond motifs is 3. The maximum absolute atomic E-state index is 13.8. The summed E-state index contributed by atoms with van der Waals surface area (Å²) in [5, 5.41) is 0. The van der Waals surface area contributed by atoms with Crippen molar-refractivity contribution in [1.82, 2.24) is 9.55 Å². The number of halogens is 1. The second-order valence-corrected chi connectivity index (χ2v) is 6.22. The first-order chi connectivity index (χ1) is 12.5. The van der Waals surface area contributed by atoms with Gasteiger partial charge in [-0.15, -0.1) is 0 Å². The predicted octanol–water partition coefficient (Wildman–Crippen LogP) is 3.98. The van der Waals surface area contributed by atoms with Crippen molar-refractivity contribution < 1.29 is 18.7 Å². The molecule has 1 aliphatic heterocycles. The molecule has 0 fully saturated rings. The highest BCUT2D eigenvalue weighted by Gasteiger charge is 2.31. The summed E-state index contributed by atoms with van der Waals surface area (Å²) in [6.45, 7) is 2.02. The zero-order valence-electron chi connectivity index (χ0n) is 14.4. The summed E-state index contributed by atoms with van der Waals surface area (Å²) in [6.07, 6.45) is 1.27. The van der Waals surface area contributed by atoms with Gasteiger partial charge in [0, 0.05) is 17.8 Å². The molecule has 0 unspecified atom stereocenters. The van der Waals surface area contributed by atoms with Crippen molar-refractivity contribution in [2.75, 3.05) is 7.11 Å². The fraction of sp³-hybridized carbons (Fsp3) is 0.200. The number of rotatable bonds is 3. The van der Waals surface area contributed by atoms with Gasteiger partial charge in [0.25, 0.3) is 0 Å². The number of nitrogens with zero attached hydrogens (tertiary/aromatic N) is 2. The lowest BCUT2D eigenvalue weighted by atomic mass is 10.1. The Hall–Kier alpha value is -3.15. The topological polar surface area (TPSA) is 53.4 Å². The maximum Gasteiger partial charge on any atom is 0.309 e. The summed E-state index contributed by atoms with van der Waals surface area (Å²) in [5.74, 6) is 0.284. The van der Waals surface area contributed by atoms with Gasteiger partial charge in [-0.25, -0.2) is 9.37 Å². The summed E-state index contributed by atoms with van der Waals surface area (Å²) in [5.41, 5.74) is 3.38. The number of ether oxygens (including phenoxy) is 2. The lowest BCUT2D eigenvalue weighted by Crippen LogP contribution is -2.22. The number of carbonyl (C=O) groups excluding carboxylic acids is 1. The lowest BCUT2D eigenvalue weighted by molar-refractivity contribution is -0.142. The minimum absolute atomic E-state index is 0.0255. The monoisotopic (exact) mass is 352 g/mol.